The maximum Gasteiger partial charge on any atom is 0.115 e. The average molecular weight is 272 g/mol. The number of aromatic nitrogens is 1. The molecule has 1 atom stereocenters. The lowest BCUT2D eigenvalue weighted by Crippen LogP contribution is -2.09. The summed E-state index contributed by atoms with van der Waals surface area (Å²) in [7, 11) is 0. The van der Waals surface area contributed by atoms with Gasteiger partial charge in [-0.15, -0.1) is 11.3 Å². The Morgan fingerprint density at radius 1 is 1.26 bits per heavy atom. The molecule has 2 nitrogen and oxygen atoms in total. The van der Waals surface area contributed by atoms with Crippen molar-refractivity contribution < 1.29 is 0 Å². The summed E-state index contributed by atoms with van der Waals surface area (Å²) in [5.74, 6) is 0.813. The summed E-state index contributed by atoms with van der Waals surface area (Å²) in [6, 6.07) is 9.21. The quantitative estimate of drug-likeness (QED) is 0.857. The van der Waals surface area contributed by atoms with Crippen LogP contribution < -0.4 is 5.32 Å². The number of rotatable bonds is 4. The minimum absolute atomic E-state index is 0.272. The molecule has 3 heteroatoms. The van der Waals surface area contributed by atoms with E-state index in [1.165, 1.54) is 30.5 Å². The number of hydrogen-bond donors (Lipinski definition) is 1. The van der Waals surface area contributed by atoms with Crippen LogP contribution in [-0.2, 0) is 0 Å². The van der Waals surface area contributed by atoms with Crippen LogP contribution in [0.25, 0.3) is 0 Å². The molecule has 1 aliphatic rings. The Bertz CT molecular complexity index is 540. The first-order chi connectivity index (χ1) is 9.22. The zero-order valence-corrected chi connectivity index (χ0v) is 12.3. The van der Waals surface area contributed by atoms with Crippen LogP contribution in [0.4, 0.5) is 5.69 Å². The van der Waals surface area contributed by atoms with E-state index in [4.69, 9.17) is 0 Å². The summed E-state index contributed by atoms with van der Waals surface area (Å²) in [4.78, 5) is 4.53. The van der Waals surface area contributed by atoms with Crippen LogP contribution >= 0.6 is 11.3 Å². The van der Waals surface area contributed by atoms with Crippen molar-refractivity contribution in [2.45, 2.75) is 45.1 Å². The molecular weight excluding hydrogens is 252 g/mol. The van der Waals surface area contributed by atoms with Crippen LogP contribution in [0.1, 0.15) is 54.4 Å². The van der Waals surface area contributed by atoms with Gasteiger partial charge in [-0.1, -0.05) is 18.6 Å². The van der Waals surface area contributed by atoms with Crippen LogP contribution in [-0.4, -0.2) is 4.98 Å². The Morgan fingerprint density at radius 2 is 2.00 bits per heavy atom. The predicted octanol–water partition coefficient (Wildman–Crippen LogP) is 4.89. The molecule has 100 valence electrons. The van der Waals surface area contributed by atoms with Crippen molar-refractivity contribution in [2.75, 3.05) is 5.32 Å². The molecule has 1 aromatic heterocycles. The second-order valence-corrected chi connectivity index (χ2v) is 6.33. The zero-order chi connectivity index (χ0) is 13.2. The van der Waals surface area contributed by atoms with E-state index in [-0.39, 0.29) is 6.04 Å². The number of nitrogens with one attached hydrogen (secondary N) is 1. The topological polar surface area (TPSA) is 24.9 Å². The molecule has 1 saturated carbocycles. The van der Waals surface area contributed by atoms with E-state index >= 15 is 0 Å². The normalized spacial score (nSPS) is 16.9. The van der Waals surface area contributed by atoms with Gasteiger partial charge in [-0.3, -0.25) is 0 Å². The van der Waals surface area contributed by atoms with Gasteiger partial charge in [-0.25, -0.2) is 4.98 Å². The van der Waals surface area contributed by atoms with Gasteiger partial charge in [0.2, 0.25) is 0 Å². The van der Waals surface area contributed by atoms with E-state index < -0.39 is 0 Å². The molecule has 0 bridgehead atoms. The minimum atomic E-state index is 0.272. The number of benzene rings is 1. The fourth-order valence-electron chi connectivity index (χ4n) is 2.48. The lowest BCUT2D eigenvalue weighted by atomic mass is 9.80. The summed E-state index contributed by atoms with van der Waals surface area (Å²) in [6.07, 6.45) is 4.12. The van der Waals surface area contributed by atoms with Crippen molar-refractivity contribution in [3.8, 4) is 0 Å². The predicted molar refractivity (Wildman–Crippen MR) is 81.9 cm³/mol. The standard InChI is InChI=1S/C16H20N2S/c1-11-10-19-16(17-11)12(2)18-15-8-6-14(7-9-15)13-4-3-5-13/h6-10,12-13,18H,3-5H2,1-2H3. The van der Waals surface area contributed by atoms with Gasteiger partial charge in [0.25, 0.3) is 0 Å². The molecule has 1 N–H and O–H groups in total. The summed E-state index contributed by atoms with van der Waals surface area (Å²) in [5.41, 5.74) is 3.78. The Morgan fingerprint density at radius 3 is 2.53 bits per heavy atom. The van der Waals surface area contributed by atoms with Crippen LogP contribution in [0.2, 0.25) is 0 Å². The van der Waals surface area contributed by atoms with Gasteiger partial charge in [-0.05, 0) is 50.3 Å². The summed E-state index contributed by atoms with van der Waals surface area (Å²) >= 11 is 1.72. The lowest BCUT2D eigenvalue weighted by molar-refractivity contribution is 0.420. The van der Waals surface area contributed by atoms with E-state index in [9.17, 15) is 0 Å². The highest BCUT2D eigenvalue weighted by Crippen LogP contribution is 2.36. The fourth-order valence-corrected chi connectivity index (χ4v) is 3.28. The lowest BCUT2D eigenvalue weighted by Gasteiger charge is -2.26. The number of anilines is 1. The fraction of sp³-hybridized carbons (Fsp3) is 0.438. The van der Waals surface area contributed by atoms with Crippen LogP contribution in [0.3, 0.4) is 0 Å². The van der Waals surface area contributed by atoms with Gasteiger partial charge in [-0.2, -0.15) is 0 Å². The largest absolute Gasteiger partial charge is 0.376 e. The number of aryl methyl sites for hydroxylation is 1. The third-order valence-electron chi connectivity index (χ3n) is 3.88. The smallest absolute Gasteiger partial charge is 0.115 e. The van der Waals surface area contributed by atoms with Crippen molar-refractivity contribution in [1.29, 1.82) is 0 Å². The SMILES string of the molecule is Cc1csc(C(C)Nc2ccc(C3CCC3)cc2)n1. The molecule has 1 aromatic carbocycles. The number of thiazole rings is 1. The summed E-state index contributed by atoms with van der Waals surface area (Å²) < 4.78 is 0. The molecule has 1 heterocycles. The van der Waals surface area contributed by atoms with Crippen molar-refractivity contribution in [1.82, 2.24) is 4.98 Å². The molecule has 0 saturated heterocycles. The second-order valence-electron chi connectivity index (χ2n) is 5.44. The van der Waals surface area contributed by atoms with Gasteiger partial charge in [0.05, 0.1) is 6.04 Å². The molecule has 19 heavy (non-hydrogen) atoms. The molecule has 0 spiro atoms. The van der Waals surface area contributed by atoms with Gasteiger partial charge < -0.3 is 5.32 Å². The van der Waals surface area contributed by atoms with Crippen molar-refractivity contribution >= 4 is 17.0 Å². The average Bonchev–Trinajstić information content (AvgIpc) is 2.76. The minimum Gasteiger partial charge on any atom is -0.376 e. The molecule has 0 radical (unpaired) electrons. The Kier molecular flexibility index (Phi) is 3.56. The molecule has 1 fully saturated rings. The number of nitrogens with zero attached hydrogens (tertiary/aromatic N) is 1. The first kappa shape index (κ1) is 12.7. The van der Waals surface area contributed by atoms with Gasteiger partial charge in [0.1, 0.15) is 5.01 Å². The summed E-state index contributed by atoms with van der Waals surface area (Å²) in [5, 5.41) is 6.78. The van der Waals surface area contributed by atoms with Gasteiger partial charge in [0.15, 0.2) is 0 Å². The first-order valence-electron chi connectivity index (χ1n) is 7.01. The maximum atomic E-state index is 4.53. The van der Waals surface area contributed by atoms with E-state index in [1.807, 2.05) is 6.92 Å². The Labute approximate surface area is 118 Å². The number of hydrogen-bond acceptors (Lipinski definition) is 3. The Hall–Kier alpha value is -1.35. The monoisotopic (exact) mass is 272 g/mol. The molecule has 3 rings (SSSR count). The van der Waals surface area contributed by atoms with Crippen molar-refractivity contribution in [3.05, 3.63) is 45.9 Å². The van der Waals surface area contributed by atoms with E-state index in [2.05, 4.69) is 46.9 Å². The van der Waals surface area contributed by atoms with E-state index in [0.717, 1.165) is 16.6 Å². The summed E-state index contributed by atoms with van der Waals surface area (Å²) in [6.45, 7) is 4.21. The van der Waals surface area contributed by atoms with Gasteiger partial charge >= 0.3 is 0 Å². The first-order valence-corrected chi connectivity index (χ1v) is 7.89. The molecule has 2 aromatic rings. The molecule has 0 aliphatic heterocycles. The zero-order valence-electron chi connectivity index (χ0n) is 11.5. The van der Waals surface area contributed by atoms with Crippen LogP contribution in [0.15, 0.2) is 29.6 Å². The third-order valence-corrected chi connectivity index (χ3v) is 5.02. The highest BCUT2D eigenvalue weighted by molar-refractivity contribution is 7.09. The van der Waals surface area contributed by atoms with E-state index in [1.54, 1.807) is 11.3 Å². The highest BCUT2D eigenvalue weighted by atomic mass is 32.1. The molecule has 1 unspecified atom stereocenters. The van der Waals surface area contributed by atoms with Crippen LogP contribution in [0.5, 0.6) is 0 Å². The van der Waals surface area contributed by atoms with Gasteiger partial charge in [0, 0.05) is 16.8 Å². The highest BCUT2D eigenvalue weighted by Gasteiger charge is 2.19. The van der Waals surface area contributed by atoms with Crippen LogP contribution in [0, 0.1) is 6.92 Å². The van der Waals surface area contributed by atoms with Crippen molar-refractivity contribution in [2.24, 2.45) is 0 Å². The van der Waals surface area contributed by atoms with Crippen molar-refractivity contribution in [3.63, 3.8) is 0 Å². The Balaban J connectivity index is 1.65. The molecular formula is C16H20N2S. The van der Waals surface area contributed by atoms with E-state index in [0.29, 0.717) is 0 Å². The molecule has 0 amide bonds. The molecule has 1 aliphatic carbocycles. The third kappa shape index (κ3) is 2.81. The second kappa shape index (κ2) is 5.33. The maximum absolute atomic E-state index is 4.53.